The lowest BCUT2D eigenvalue weighted by Crippen LogP contribution is -2.17. The van der Waals surface area contributed by atoms with Crippen molar-refractivity contribution in [1.29, 1.82) is 0 Å². The van der Waals surface area contributed by atoms with Gasteiger partial charge in [0.25, 0.3) is 0 Å². The van der Waals surface area contributed by atoms with Gasteiger partial charge in [-0.3, -0.25) is 9.59 Å². The molecule has 0 unspecified atom stereocenters. The number of benzene rings is 2. The molecule has 166 valence electrons. The number of carboxylic acids is 1. The maximum Gasteiger partial charge on any atom is 0.307 e. The van der Waals surface area contributed by atoms with Gasteiger partial charge in [0.2, 0.25) is 5.91 Å². The smallest absolute Gasteiger partial charge is 0.307 e. The molecular weight excluding hydrogens is 397 g/mol. The summed E-state index contributed by atoms with van der Waals surface area (Å²) in [6.45, 7) is 4.63. The molecular formula is C25H30FNO4. The van der Waals surface area contributed by atoms with Gasteiger partial charge in [-0.2, -0.15) is 0 Å². The number of carbonyl (C=O) groups excluding carboxylic acids is 1. The van der Waals surface area contributed by atoms with Crippen LogP contribution in [0.1, 0.15) is 62.1 Å². The molecule has 2 aromatic rings. The van der Waals surface area contributed by atoms with Crippen molar-refractivity contribution in [2.45, 2.75) is 58.3 Å². The van der Waals surface area contributed by atoms with Crippen molar-refractivity contribution < 1.29 is 23.8 Å². The summed E-state index contributed by atoms with van der Waals surface area (Å²) in [5.74, 6) is -1.36. The van der Waals surface area contributed by atoms with E-state index >= 15 is 0 Å². The topological polar surface area (TPSA) is 75.6 Å². The Labute approximate surface area is 182 Å². The van der Waals surface area contributed by atoms with Crippen molar-refractivity contribution in [3.8, 4) is 5.75 Å². The Morgan fingerprint density at radius 1 is 1.16 bits per heavy atom. The van der Waals surface area contributed by atoms with Crippen molar-refractivity contribution in [1.82, 2.24) is 0 Å². The van der Waals surface area contributed by atoms with Crippen LogP contribution in [0, 0.1) is 11.7 Å². The Morgan fingerprint density at radius 2 is 1.94 bits per heavy atom. The van der Waals surface area contributed by atoms with E-state index < -0.39 is 11.8 Å². The first-order valence-electron chi connectivity index (χ1n) is 11.0. The number of carbonyl (C=O) groups is 2. The van der Waals surface area contributed by atoms with Gasteiger partial charge in [-0.1, -0.05) is 44.5 Å². The van der Waals surface area contributed by atoms with Crippen LogP contribution in [-0.4, -0.2) is 23.6 Å². The molecule has 0 bridgehead atoms. The van der Waals surface area contributed by atoms with Crippen molar-refractivity contribution in [2.24, 2.45) is 5.92 Å². The highest BCUT2D eigenvalue weighted by atomic mass is 19.1. The van der Waals surface area contributed by atoms with Gasteiger partial charge in [-0.25, -0.2) is 4.39 Å². The molecule has 31 heavy (non-hydrogen) atoms. The fraction of sp³-hybridized carbons (Fsp3) is 0.440. The van der Waals surface area contributed by atoms with Crippen molar-refractivity contribution in [3.63, 3.8) is 0 Å². The molecule has 1 saturated carbocycles. The van der Waals surface area contributed by atoms with E-state index in [4.69, 9.17) is 4.74 Å². The van der Waals surface area contributed by atoms with E-state index in [-0.39, 0.29) is 24.2 Å². The third-order valence-corrected chi connectivity index (χ3v) is 5.56. The molecule has 0 saturated heterocycles. The standard InChI is InChI=1S/C25H30FNO4/c1-3-5-8-17-12-18(19-15-20(19)25(29)30)13-22(24(17)31-11-4-2)27-23(28)14-16-9-6-7-10-21(16)26/h6-7,9-10,12-13,19-20H,3-5,8,11,14-15H2,1-2H3,(H,27,28)(H,29,30)/t19-,20-/m0/s1. The summed E-state index contributed by atoms with van der Waals surface area (Å²) in [5.41, 5.74) is 2.74. The van der Waals surface area contributed by atoms with Crippen LogP contribution >= 0.6 is 0 Å². The molecule has 2 aromatic carbocycles. The number of hydrogen-bond acceptors (Lipinski definition) is 3. The summed E-state index contributed by atoms with van der Waals surface area (Å²) in [6.07, 6.45) is 4.08. The average molecular weight is 428 g/mol. The summed E-state index contributed by atoms with van der Waals surface area (Å²) in [6, 6.07) is 10.1. The monoisotopic (exact) mass is 427 g/mol. The molecule has 1 aliphatic carbocycles. The predicted molar refractivity (Wildman–Crippen MR) is 118 cm³/mol. The van der Waals surface area contributed by atoms with E-state index in [1.54, 1.807) is 18.2 Å². The maximum absolute atomic E-state index is 14.0. The van der Waals surface area contributed by atoms with E-state index in [0.29, 0.717) is 30.0 Å². The lowest BCUT2D eigenvalue weighted by molar-refractivity contribution is -0.138. The van der Waals surface area contributed by atoms with Gasteiger partial charge in [-0.05, 0) is 60.4 Å². The highest BCUT2D eigenvalue weighted by molar-refractivity contribution is 5.94. The average Bonchev–Trinajstić information content (AvgIpc) is 3.54. The molecule has 2 N–H and O–H groups in total. The first-order valence-corrected chi connectivity index (χ1v) is 11.0. The number of nitrogens with one attached hydrogen (secondary N) is 1. The molecule has 1 amide bonds. The number of halogens is 1. The van der Waals surface area contributed by atoms with Gasteiger partial charge in [-0.15, -0.1) is 0 Å². The highest BCUT2D eigenvalue weighted by Crippen LogP contribution is 2.49. The maximum atomic E-state index is 14.0. The molecule has 3 rings (SSSR count). The number of anilines is 1. The zero-order valence-electron chi connectivity index (χ0n) is 18.1. The second kappa shape index (κ2) is 10.4. The van der Waals surface area contributed by atoms with Crippen molar-refractivity contribution in [3.05, 3.63) is 58.9 Å². The largest absolute Gasteiger partial charge is 0.491 e. The molecule has 0 aliphatic heterocycles. The van der Waals surface area contributed by atoms with Crippen LogP contribution in [0.5, 0.6) is 5.75 Å². The molecule has 0 radical (unpaired) electrons. The van der Waals surface area contributed by atoms with Crippen LogP contribution in [0.2, 0.25) is 0 Å². The van der Waals surface area contributed by atoms with E-state index in [2.05, 4.69) is 12.2 Å². The Morgan fingerprint density at radius 3 is 2.58 bits per heavy atom. The number of ether oxygens (including phenoxy) is 1. The Balaban J connectivity index is 1.91. The van der Waals surface area contributed by atoms with Crippen LogP contribution in [-0.2, 0) is 22.4 Å². The van der Waals surface area contributed by atoms with Crippen LogP contribution in [0.4, 0.5) is 10.1 Å². The highest BCUT2D eigenvalue weighted by Gasteiger charge is 2.44. The Kier molecular flexibility index (Phi) is 7.66. The van der Waals surface area contributed by atoms with Gasteiger partial charge in [0, 0.05) is 0 Å². The van der Waals surface area contributed by atoms with Gasteiger partial charge in [0.05, 0.1) is 24.6 Å². The summed E-state index contributed by atoms with van der Waals surface area (Å²) in [7, 11) is 0. The Bertz CT molecular complexity index is 943. The second-order valence-corrected chi connectivity index (χ2v) is 8.11. The van der Waals surface area contributed by atoms with Crippen molar-refractivity contribution >= 4 is 17.6 Å². The number of carboxylic acid groups (broad SMARTS) is 1. The van der Waals surface area contributed by atoms with Crippen LogP contribution in [0.3, 0.4) is 0 Å². The van der Waals surface area contributed by atoms with Gasteiger partial charge < -0.3 is 15.2 Å². The number of aryl methyl sites for hydroxylation is 1. The molecule has 1 fully saturated rings. The molecule has 0 aromatic heterocycles. The minimum Gasteiger partial charge on any atom is -0.491 e. The summed E-state index contributed by atoms with van der Waals surface area (Å²) < 4.78 is 20.0. The number of aliphatic carboxylic acids is 1. The van der Waals surface area contributed by atoms with Crippen LogP contribution < -0.4 is 10.1 Å². The Hall–Kier alpha value is -2.89. The number of amides is 1. The van der Waals surface area contributed by atoms with E-state index in [1.165, 1.54) is 6.07 Å². The predicted octanol–water partition coefficient (Wildman–Crippen LogP) is 5.33. The van der Waals surface area contributed by atoms with Crippen LogP contribution in [0.15, 0.2) is 36.4 Å². The first kappa shape index (κ1) is 22.8. The third kappa shape index (κ3) is 5.84. The van der Waals surface area contributed by atoms with Gasteiger partial charge >= 0.3 is 5.97 Å². The fourth-order valence-corrected chi connectivity index (χ4v) is 3.79. The number of rotatable bonds is 11. The summed E-state index contributed by atoms with van der Waals surface area (Å²) >= 11 is 0. The van der Waals surface area contributed by atoms with E-state index in [0.717, 1.165) is 36.8 Å². The molecule has 5 nitrogen and oxygen atoms in total. The van der Waals surface area contributed by atoms with Crippen molar-refractivity contribution in [2.75, 3.05) is 11.9 Å². The molecule has 2 atom stereocenters. The molecule has 0 heterocycles. The minimum absolute atomic E-state index is 0.0553. The van der Waals surface area contributed by atoms with Gasteiger partial charge in [0.15, 0.2) is 0 Å². The number of hydrogen-bond donors (Lipinski definition) is 2. The third-order valence-electron chi connectivity index (χ3n) is 5.56. The van der Waals surface area contributed by atoms with Crippen LogP contribution in [0.25, 0.3) is 0 Å². The normalized spacial score (nSPS) is 17.3. The molecule has 0 spiro atoms. The first-order chi connectivity index (χ1) is 14.9. The lowest BCUT2D eigenvalue weighted by Gasteiger charge is -2.19. The lowest BCUT2D eigenvalue weighted by atomic mass is 9.99. The molecule has 6 heteroatoms. The van der Waals surface area contributed by atoms with E-state index in [1.807, 2.05) is 19.1 Å². The zero-order valence-corrected chi connectivity index (χ0v) is 18.1. The summed E-state index contributed by atoms with van der Waals surface area (Å²) in [4.78, 5) is 24.1. The molecule has 1 aliphatic rings. The summed E-state index contributed by atoms with van der Waals surface area (Å²) in [5, 5.41) is 12.2. The number of unbranched alkanes of at least 4 members (excludes halogenated alkanes) is 1. The van der Waals surface area contributed by atoms with Gasteiger partial charge in [0.1, 0.15) is 11.6 Å². The fourth-order valence-electron chi connectivity index (χ4n) is 3.79. The quantitative estimate of drug-likeness (QED) is 0.508. The van der Waals surface area contributed by atoms with E-state index in [9.17, 15) is 19.1 Å². The zero-order chi connectivity index (χ0) is 22.4. The SMILES string of the molecule is CCCCc1cc([C@@H]2C[C@@H]2C(=O)O)cc(NC(=O)Cc2ccccc2F)c1OCCC. The second-order valence-electron chi connectivity index (χ2n) is 8.11. The minimum atomic E-state index is -0.795.